The fraction of sp³-hybridized carbons (Fsp3) is 0.143. The lowest BCUT2D eigenvalue weighted by Crippen LogP contribution is -2.42. The molecule has 0 bridgehead atoms. The number of fused-ring (bicyclic) bond motifs is 2. The minimum absolute atomic E-state index is 0.0375. The highest BCUT2D eigenvalue weighted by Crippen LogP contribution is 2.41. The molecule has 2 N–H and O–H groups in total. The van der Waals surface area contributed by atoms with E-state index < -0.39 is 12.0 Å². The molecule has 0 saturated carbocycles. The Morgan fingerprint density at radius 2 is 1.90 bits per heavy atom. The van der Waals surface area contributed by atoms with Gasteiger partial charge in [-0.05, 0) is 60.8 Å². The molecular weight excluding hydrogens is 520 g/mol. The molecule has 9 heteroatoms. The molecule has 1 atom stereocenters. The van der Waals surface area contributed by atoms with E-state index in [0.717, 1.165) is 10.8 Å². The number of amides is 1. The Kier molecular flexibility index (Phi) is 5.83. The summed E-state index contributed by atoms with van der Waals surface area (Å²) in [5.74, 6) is 0.909. The van der Waals surface area contributed by atoms with Crippen LogP contribution in [0.15, 0.2) is 56.5 Å². The molecule has 4 rings (SSSR count). The van der Waals surface area contributed by atoms with E-state index in [0.29, 0.717) is 26.0 Å². The van der Waals surface area contributed by atoms with Crippen LogP contribution in [0.1, 0.15) is 5.56 Å². The number of phenolic OH excluding ortho intramolecular Hbond substituents is 1. The van der Waals surface area contributed by atoms with Gasteiger partial charge in [-0.1, -0.05) is 24.3 Å². The van der Waals surface area contributed by atoms with Gasteiger partial charge in [-0.2, -0.15) is 5.10 Å². The van der Waals surface area contributed by atoms with Gasteiger partial charge in [0.15, 0.2) is 23.0 Å². The molecule has 1 aliphatic rings. The summed E-state index contributed by atoms with van der Waals surface area (Å²) in [5, 5.41) is 16.0. The Morgan fingerprint density at radius 1 is 1.20 bits per heavy atom. The Morgan fingerprint density at radius 3 is 2.60 bits per heavy atom. The Labute approximate surface area is 188 Å². The normalized spacial score (nSPS) is 15.4. The van der Waals surface area contributed by atoms with Crippen molar-refractivity contribution in [2.24, 2.45) is 5.10 Å². The minimum atomic E-state index is -0.833. The average molecular weight is 536 g/mol. The van der Waals surface area contributed by atoms with Crippen LogP contribution in [-0.4, -0.2) is 37.0 Å². The van der Waals surface area contributed by atoms with Gasteiger partial charge in [-0.25, -0.2) is 5.43 Å². The molecule has 0 saturated heterocycles. The fourth-order valence-electron chi connectivity index (χ4n) is 2.98. The lowest BCUT2D eigenvalue weighted by Gasteiger charge is -2.25. The van der Waals surface area contributed by atoms with Gasteiger partial charge < -0.3 is 19.3 Å². The van der Waals surface area contributed by atoms with Crippen molar-refractivity contribution in [3.8, 4) is 23.0 Å². The monoisotopic (exact) mass is 534 g/mol. The second kappa shape index (κ2) is 8.53. The maximum atomic E-state index is 12.5. The highest BCUT2D eigenvalue weighted by atomic mass is 79.9. The van der Waals surface area contributed by atoms with Crippen LogP contribution < -0.4 is 19.6 Å². The van der Waals surface area contributed by atoms with Crippen molar-refractivity contribution < 1.29 is 24.1 Å². The molecular formula is C21H16Br2N2O5. The number of hydrogen-bond acceptors (Lipinski definition) is 6. The maximum absolute atomic E-state index is 12.5. The van der Waals surface area contributed by atoms with Gasteiger partial charge in [-0.15, -0.1) is 0 Å². The number of hydrogen-bond donors (Lipinski definition) is 2. The van der Waals surface area contributed by atoms with E-state index in [1.54, 1.807) is 6.07 Å². The minimum Gasteiger partial charge on any atom is -0.503 e. The summed E-state index contributed by atoms with van der Waals surface area (Å²) in [7, 11) is 1.44. The molecule has 1 amide bonds. The summed E-state index contributed by atoms with van der Waals surface area (Å²) < 4.78 is 17.6. The smallest absolute Gasteiger partial charge is 0.284 e. The molecule has 0 radical (unpaired) electrons. The summed E-state index contributed by atoms with van der Waals surface area (Å²) in [6.07, 6.45) is 0.597. The van der Waals surface area contributed by atoms with Crippen LogP contribution in [0.3, 0.4) is 0 Å². The molecule has 0 spiro atoms. The third-order valence-electron chi connectivity index (χ3n) is 4.54. The largest absolute Gasteiger partial charge is 0.503 e. The van der Waals surface area contributed by atoms with Crippen LogP contribution in [0.2, 0.25) is 0 Å². The van der Waals surface area contributed by atoms with Crippen molar-refractivity contribution in [3.05, 3.63) is 57.0 Å². The summed E-state index contributed by atoms with van der Waals surface area (Å²) in [4.78, 5) is 12.5. The molecule has 154 valence electrons. The average Bonchev–Trinajstić information content (AvgIpc) is 2.77. The number of carbonyl (C=O) groups is 1. The van der Waals surface area contributed by atoms with Crippen LogP contribution in [0, 0.1) is 0 Å². The van der Waals surface area contributed by atoms with Gasteiger partial charge in [0, 0.05) is 10.0 Å². The summed E-state index contributed by atoms with van der Waals surface area (Å²) >= 11 is 6.64. The van der Waals surface area contributed by atoms with Crippen LogP contribution in [0.25, 0.3) is 10.8 Å². The number of halogens is 2. The molecule has 1 unspecified atom stereocenters. The third-order valence-corrected chi connectivity index (χ3v) is 6.69. The van der Waals surface area contributed by atoms with Gasteiger partial charge in [0.25, 0.3) is 5.91 Å². The summed E-state index contributed by atoms with van der Waals surface area (Å²) in [5.41, 5.74) is 3.05. The first kappa shape index (κ1) is 20.5. The summed E-state index contributed by atoms with van der Waals surface area (Å²) in [6, 6.07) is 13.2. The zero-order chi connectivity index (χ0) is 21.3. The van der Waals surface area contributed by atoms with Crippen LogP contribution in [-0.2, 0) is 4.79 Å². The number of nitrogens with zero attached hydrogens (tertiary/aromatic N) is 1. The molecule has 0 fully saturated rings. The number of ether oxygens (including phenoxy) is 3. The number of methoxy groups -OCH3 is 1. The number of hydrazone groups is 1. The fourth-order valence-corrected chi connectivity index (χ4v) is 3.81. The predicted octanol–water partition coefficient (Wildman–Crippen LogP) is 4.37. The van der Waals surface area contributed by atoms with Gasteiger partial charge in [0.2, 0.25) is 6.10 Å². The lowest BCUT2D eigenvalue weighted by molar-refractivity contribution is -0.130. The van der Waals surface area contributed by atoms with Crippen molar-refractivity contribution in [1.82, 2.24) is 5.43 Å². The number of phenols is 1. The molecule has 3 aromatic rings. The number of nitrogens with one attached hydrogen (secondary N) is 1. The number of benzene rings is 3. The van der Waals surface area contributed by atoms with Crippen molar-refractivity contribution in [1.29, 1.82) is 0 Å². The third kappa shape index (κ3) is 3.95. The quantitative estimate of drug-likeness (QED) is 0.382. The van der Waals surface area contributed by atoms with Crippen LogP contribution in [0.5, 0.6) is 23.0 Å². The SMILES string of the molecule is COc1cc(/C=N\NC(=O)C2COc3cc4ccccc4cc3O2)c(Br)c(Br)c1O. The topological polar surface area (TPSA) is 89.4 Å². The summed E-state index contributed by atoms with van der Waals surface area (Å²) in [6.45, 7) is 0.0783. The molecule has 0 aromatic heterocycles. The highest BCUT2D eigenvalue weighted by Gasteiger charge is 2.27. The van der Waals surface area contributed by atoms with Gasteiger partial charge in [0.05, 0.1) is 17.8 Å². The van der Waals surface area contributed by atoms with E-state index in [9.17, 15) is 9.90 Å². The van der Waals surface area contributed by atoms with Crippen molar-refractivity contribution in [2.75, 3.05) is 13.7 Å². The Balaban J connectivity index is 1.47. The first-order valence-corrected chi connectivity index (χ1v) is 10.5. The van der Waals surface area contributed by atoms with Gasteiger partial charge >= 0.3 is 0 Å². The number of carbonyl (C=O) groups excluding carboxylic acids is 1. The van der Waals surface area contributed by atoms with Crippen molar-refractivity contribution in [2.45, 2.75) is 6.10 Å². The number of rotatable bonds is 4. The first-order valence-electron chi connectivity index (χ1n) is 8.88. The van der Waals surface area contributed by atoms with E-state index >= 15 is 0 Å². The lowest BCUT2D eigenvalue weighted by atomic mass is 10.1. The van der Waals surface area contributed by atoms with Crippen molar-refractivity contribution in [3.63, 3.8) is 0 Å². The molecule has 7 nitrogen and oxygen atoms in total. The Hall–Kier alpha value is -2.78. The molecule has 30 heavy (non-hydrogen) atoms. The standard InChI is InChI=1S/C21H16Br2N2O5/c1-28-16-8-13(18(22)19(23)20(16)26)9-24-25-21(27)17-10-29-14-6-11-4-2-3-5-12(11)7-15(14)30-17/h2-9,17,26H,10H2,1H3,(H,25,27)/b24-9-. The van der Waals surface area contributed by atoms with E-state index in [2.05, 4.69) is 42.4 Å². The van der Waals surface area contributed by atoms with E-state index in [4.69, 9.17) is 14.2 Å². The highest BCUT2D eigenvalue weighted by molar-refractivity contribution is 9.13. The van der Waals surface area contributed by atoms with Gasteiger partial charge in [-0.3, -0.25) is 4.79 Å². The Bertz CT molecular complexity index is 1170. The predicted molar refractivity (Wildman–Crippen MR) is 120 cm³/mol. The van der Waals surface area contributed by atoms with Crippen LogP contribution >= 0.6 is 31.9 Å². The van der Waals surface area contributed by atoms with Gasteiger partial charge in [0.1, 0.15) is 6.61 Å². The molecule has 0 aliphatic carbocycles. The zero-order valence-electron chi connectivity index (χ0n) is 15.7. The van der Waals surface area contributed by atoms with E-state index in [-0.39, 0.29) is 18.1 Å². The van der Waals surface area contributed by atoms with Crippen LogP contribution in [0.4, 0.5) is 0 Å². The molecule has 1 aliphatic heterocycles. The second-order valence-corrected chi connectivity index (χ2v) is 8.03. The molecule has 1 heterocycles. The second-order valence-electron chi connectivity index (χ2n) is 6.44. The van der Waals surface area contributed by atoms with E-state index in [1.165, 1.54) is 13.3 Å². The van der Waals surface area contributed by atoms with E-state index in [1.807, 2.05) is 36.4 Å². The van der Waals surface area contributed by atoms with Crippen molar-refractivity contribution >= 4 is 54.8 Å². The first-order chi connectivity index (χ1) is 14.5. The zero-order valence-corrected chi connectivity index (χ0v) is 18.9. The molecule has 3 aromatic carbocycles. The maximum Gasteiger partial charge on any atom is 0.284 e. The number of aromatic hydroxyl groups is 1.